The molecular formula is C13H16ClN3O2. The summed E-state index contributed by atoms with van der Waals surface area (Å²) >= 11 is 6.08. The average molecular weight is 282 g/mol. The van der Waals surface area contributed by atoms with Crippen LogP contribution in [-0.2, 0) is 6.54 Å². The molecule has 2 aromatic rings. The Balaban J connectivity index is 2.31. The van der Waals surface area contributed by atoms with Crippen LogP contribution in [0, 0.1) is 6.92 Å². The molecule has 0 atom stereocenters. The molecule has 0 aliphatic heterocycles. The first-order valence-corrected chi connectivity index (χ1v) is 6.33. The quantitative estimate of drug-likeness (QED) is 0.789. The molecule has 0 radical (unpaired) electrons. The van der Waals surface area contributed by atoms with Crippen LogP contribution < -0.4 is 0 Å². The zero-order chi connectivity index (χ0) is 14.0. The molecule has 5 nitrogen and oxygen atoms in total. The molecule has 2 heterocycles. The fourth-order valence-corrected chi connectivity index (χ4v) is 2.03. The summed E-state index contributed by atoms with van der Waals surface area (Å²) in [6, 6.07) is 1.65. The van der Waals surface area contributed by atoms with Crippen LogP contribution >= 0.6 is 11.6 Å². The molecule has 0 unspecified atom stereocenters. The van der Waals surface area contributed by atoms with Gasteiger partial charge in [0.1, 0.15) is 11.5 Å². The lowest BCUT2D eigenvalue weighted by atomic mass is 10.1. The maximum atomic E-state index is 12.5. The zero-order valence-electron chi connectivity index (χ0n) is 11.2. The van der Waals surface area contributed by atoms with Crippen LogP contribution in [0.4, 0.5) is 0 Å². The van der Waals surface area contributed by atoms with Crippen molar-refractivity contribution in [1.82, 2.24) is 14.7 Å². The van der Waals surface area contributed by atoms with E-state index in [4.69, 9.17) is 16.0 Å². The number of aryl methyl sites for hydroxylation is 1. The lowest BCUT2D eigenvalue weighted by Crippen LogP contribution is -2.21. The Morgan fingerprint density at radius 2 is 2.26 bits per heavy atom. The lowest BCUT2D eigenvalue weighted by Gasteiger charge is -2.11. The Morgan fingerprint density at radius 1 is 1.53 bits per heavy atom. The summed E-state index contributed by atoms with van der Waals surface area (Å²) in [5, 5.41) is 4.52. The molecule has 0 saturated heterocycles. The SMILES string of the molecule is Cc1occc1C(=O)c1c(Cl)cnn1CCN(C)C. The molecule has 0 bridgehead atoms. The van der Waals surface area contributed by atoms with E-state index in [1.807, 2.05) is 19.0 Å². The van der Waals surface area contributed by atoms with E-state index in [-0.39, 0.29) is 5.78 Å². The second kappa shape index (κ2) is 5.59. The smallest absolute Gasteiger partial charge is 0.216 e. The summed E-state index contributed by atoms with van der Waals surface area (Å²) in [6.45, 7) is 3.14. The Bertz CT molecular complexity index is 586. The standard InChI is InChI=1S/C13H16ClN3O2/c1-9-10(4-7-19-9)13(18)12-11(14)8-15-17(12)6-5-16(2)3/h4,7-8H,5-6H2,1-3H3. The number of hydrogen-bond donors (Lipinski definition) is 0. The molecule has 0 saturated carbocycles. The van der Waals surface area contributed by atoms with Gasteiger partial charge in [-0.15, -0.1) is 0 Å². The summed E-state index contributed by atoms with van der Waals surface area (Å²) in [4.78, 5) is 14.5. The van der Waals surface area contributed by atoms with Gasteiger partial charge < -0.3 is 9.32 Å². The van der Waals surface area contributed by atoms with Crippen molar-refractivity contribution in [3.8, 4) is 0 Å². The molecule has 0 fully saturated rings. The zero-order valence-corrected chi connectivity index (χ0v) is 11.9. The predicted octanol–water partition coefficient (Wildman–Crippen LogP) is 2.23. The van der Waals surface area contributed by atoms with Gasteiger partial charge in [-0.3, -0.25) is 9.48 Å². The van der Waals surface area contributed by atoms with Gasteiger partial charge >= 0.3 is 0 Å². The number of ketones is 1. The van der Waals surface area contributed by atoms with Crippen molar-refractivity contribution >= 4 is 17.4 Å². The van der Waals surface area contributed by atoms with E-state index in [0.717, 1.165) is 6.54 Å². The fraction of sp³-hybridized carbons (Fsp3) is 0.385. The third-order valence-electron chi connectivity index (χ3n) is 2.87. The van der Waals surface area contributed by atoms with Gasteiger partial charge in [-0.05, 0) is 27.1 Å². The largest absolute Gasteiger partial charge is 0.469 e. The Kier molecular flexibility index (Phi) is 4.07. The third-order valence-corrected chi connectivity index (χ3v) is 3.15. The van der Waals surface area contributed by atoms with Gasteiger partial charge in [0.2, 0.25) is 5.78 Å². The number of carbonyl (C=O) groups is 1. The molecule has 0 aliphatic carbocycles. The van der Waals surface area contributed by atoms with Gasteiger partial charge in [0, 0.05) is 6.54 Å². The summed E-state index contributed by atoms with van der Waals surface area (Å²) < 4.78 is 6.80. The highest BCUT2D eigenvalue weighted by Gasteiger charge is 2.21. The number of halogens is 1. The minimum atomic E-state index is -0.160. The van der Waals surface area contributed by atoms with Crippen molar-refractivity contribution in [2.75, 3.05) is 20.6 Å². The van der Waals surface area contributed by atoms with Crippen molar-refractivity contribution in [1.29, 1.82) is 0 Å². The van der Waals surface area contributed by atoms with E-state index in [2.05, 4.69) is 5.10 Å². The highest BCUT2D eigenvalue weighted by Crippen LogP contribution is 2.21. The molecule has 6 heteroatoms. The third kappa shape index (κ3) is 2.88. The molecular weight excluding hydrogens is 266 g/mol. The molecule has 0 aromatic carbocycles. The Hall–Kier alpha value is -1.59. The van der Waals surface area contributed by atoms with Crippen molar-refractivity contribution in [2.45, 2.75) is 13.5 Å². The maximum absolute atomic E-state index is 12.5. The van der Waals surface area contributed by atoms with Gasteiger partial charge in [-0.1, -0.05) is 11.6 Å². The maximum Gasteiger partial charge on any atom is 0.216 e. The highest BCUT2D eigenvalue weighted by atomic mass is 35.5. The second-order valence-corrected chi connectivity index (χ2v) is 4.99. The minimum absolute atomic E-state index is 0.160. The van der Waals surface area contributed by atoms with Crippen LogP contribution in [-0.4, -0.2) is 41.1 Å². The Labute approximate surface area is 116 Å². The summed E-state index contributed by atoms with van der Waals surface area (Å²) in [5.41, 5.74) is 0.932. The van der Waals surface area contributed by atoms with Crippen molar-refractivity contribution in [3.63, 3.8) is 0 Å². The topological polar surface area (TPSA) is 51.3 Å². The molecule has 0 spiro atoms. The fourth-order valence-electron chi connectivity index (χ4n) is 1.80. The van der Waals surface area contributed by atoms with E-state index >= 15 is 0 Å². The van der Waals surface area contributed by atoms with E-state index in [1.165, 1.54) is 12.5 Å². The summed E-state index contributed by atoms with van der Waals surface area (Å²) in [5.74, 6) is 0.425. The van der Waals surface area contributed by atoms with E-state index < -0.39 is 0 Å². The van der Waals surface area contributed by atoms with Crippen LogP contribution in [0.1, 0.15) is 21.8 Å². The van der Waals surface area contributed by atoms with Gasteiger partial charge in [0.25, 0.3) is 0 Å². The highest BCUT2D eigenvalue weighted by molar-refractivity contribution is 6.34. The van der Waals surface area contributed by atoms with E-state index in [0.29, 0.717) is 28.6 Å². The van der Waals surface area contributed by atoms with Gasteiger partial charge in [-0.25, -0.2) is 0 Å². The number of rotatable bonds is 5. The van der Waals surface area contributed by atoms with Crippen LogP contribution in [0.3, 0.4) is 0 Å². The average Bonchev–Trinajstić information content (AvgIpc) is 2.92. The number of likely N-dealkylation sites (N-methyl/N-ethyl adjacent to an activating group) is 1. The molecule has 19 heavy (non-hydrogen) atoms. The number of nitrogens with zero attached hydrogens (tertiary/aromatic N) is 3. The number of furan rings is 1. The first kappa shape index (κ1) is 13.8. The van der Waals surface area contributed by atoms with Crippen molar-refractivity contribution in [2.24, 2.45) is 0 Å². The molecule has 0 N–H and O–H groups in total. The van der Waals surface area contributed by atoms with Crippen LogP contribution in [0.5, 0.6) is 0 Å². The number of aromatic nitrogens is 2. The molecule has 2 aromatic heterocycles. The van der Waals surface area contributed by atoms with E-state index in [1.54, 1.807) is 17.7 Å². The molecule has 0 amide bonds. The minimum Gasteiger partial charge on any atom is -0.469 e. The lowest BCUT2D eigenvalue weighted by molar-refractivity contribution is 0.102. The number of hydrogen-bond acceptors (Lipinski definition) is 4. The van der Waals surface area contributed by atoms with Crippen molar-refractivity contribution in [3.05, 3.63) is 40.6 Å². The normalized spacial score (nSPS) is 11.2. The molecule has 2 rings (SSSR count). The first-order chi connectivity index (χ1) is 9.00. The number of carbonyl (C=O) groups excluding carboxylic acids is 1. The summed E-state index contributed by atoms with van der Waals surface area (Å²) in [6.07, 6.45) is 3.00. The van der Waals surface area contributed by atoms with Gasteiger partial charge in [0.15, 0.2) is 0 Å². The molecule has 102 valence electrons. The first-order valence-electron chi connectivity index (χ1n) is 5.95. The van der Waals surface area contributed by atoms with E-state index in [9.17, 15) is 4.79 Å². The van der Waals surface area contributed by atoms with Crippen LogP contribution in [0.15, 0.2) is 22.9 Å². The van der Waals surface area contributed by atoms with Crippen LogP contribution in [0.25, 0.3) is 0 Å². The Morgan fingerprint density at radius 3 is 2.84 bits per heavy atom. The summed E-state index contributed by atoms with van der Waals surface area (Å²) in [7, 11) is 3.93. The monoisotopic (exact) mass is 281 g/mol. The predicted molar refractivity (Wildman–Crippen MR) is 72.7 cm³/mol. The van der Waals surface area contributed by atoms with Crippen LogP contribution in [0.2, 0.25) is 5.02 Å². The van der Waals surface area contributed by atoms with Gasteiger partial charge in [-0.2, -0.15) is 5.10 Å². The van der Waals surface area contributed by atoms with Gasteiger partial charge in [0.05, 0.1) is 29.6 Å². The van der Waals surface area contributed by atoms with Crippen molar-refractivity contribution < 1.29 is 9.21 Å². The molecule has 0 aliphatic rings. The second-order valence-electron chi connectivity index (χ2n) is 4.59.